The van der Waals surface area contributed by atoms with Crippen molar-refractivity contribution in [2.75, 3.05) is 41.0 Å². The fourth-order valence-electron chi connectivity index (χ4n) is 7.89. The van der Waals surface area contributed by atoms with Crippen molar-refractivity contribution >= 4 is 17.9 Å². The molecule has 8 nitrogen and oxygen atoms in total. The lowest BCUT2D eigenvalue weighted by Gasteiger charge is -2.34. The number of esters is 2. The Bertz CT molecular complexity index is 1190. The van der Waals surface area contributed by atoms with Gasteiger partial charge >= 0.3 is 11.9 Å². The monoisotopic (exact) mass is 900 g/mol. The Balaban J connectivity index is 4.22. The van der Waals surface area contributed by atoms with Crippen LogP contribution in [-0.2, 0) is 28.6 Å². The summed E-state index contributed by atoms with van der Waals surface area (Å²) in [5.74, 6) is -1.73. The molecule has 0 saturated carbocycles. The van der Waals surface area contributed by atoms with Gasteiger partial charge in [-0.1, -0.05) is 217 Å². The minimum Gasteiger partial charge on any atom is -0.544 e. The molecule has 0 bridgehead atoms. The standard InChI is InChI=1S/C56H101NO7/c1-6-8-10-12-14-16-18-20-22-24-26-27-29-31-33-35-37-39-41-43-45-47-55(59)64-52(50-62-49-48-53(56(60)61)57(3,4)5)51-63-54(58)46-44-42-40-38-36-34-32-30-28-25-23-21-19-17-15-13-11-9-7-2/h8,10,14,16,20,22,26-27,52-53H,6-7,9,11-13,15,17-19,21,23-25,28-51H2,1-5H3/b10-8-,16-14-,22-20-,27-26-. The van der Waals surface area contributed by atoms with E-state index in [9.17, 15) is 19.5 Å². The number of likely N-dealkylation sites (N-methyl/N-ethyl adjacent to an activating group) is 1. The van der Waals surface area contributed by atoms with Crippen molar-refractivity contribution in [2.45, 2.75) is 251 Å². The Morgan fingerprint density at radius 1 is 0.484 bits per heavy atom. The number of ether oxygens (including phenoxy) is 3. The third-order valence-electron chi connectivity index (χ3n) is 12.0. The minimum absolute atomic E-state index is 0.0392. The van der Waals surface area contributed by atoms with Crippen LogP contribution in [0.2, 0.25) is 0 Å². The number of hydrogen-bond donors (Lipinski definition) is 0. The molecule has 2 atom stereocenters. The summed E-state index contributed by atoms with van der Waals surface area (Å²) in [6.45, 7) is 4.58. The highest BCUT2D eigenvalue weighted by Gasteiger charge is 2.25. The van der Waals surface area contributed by atoms with E-state index in [0.29, 0.717) is 12.8 Å². The smallest absolute Gasteiger partial charge is 0.306 e. The van der Waals surface area contributed by atoms with Crippen LogP contribution in [0, 0.1) is 0 Å². The first kappa shape index (κ1) is 61.3. The molecule has 0 amide bonds. The summed E-state index contributed by atoms with van der Waals surface area (Å²) < 4.78 is 17.3. The number of carboxylic acid groups (broad SMARTS) is 1. The van der Waals surface area contributed by atoms with Gasteiger partial charge in [0.1, 0.15) is 12.6 Å². The molecule has 0 N–H and O–H groups in total. The largest absolute Gasteiger partial charge is 0.544 e. The van der Waals surface area contributed by atoms with Crippen LogP contribution in [0.1, 0.15) is 239 Å². The maximum atomic E-state index is 12.8. The summed E-state index contributed by atoms with van der Waals surface area (Å²) in [6, 6.07) is -0.728. The zero-order chi connectivity index (χ0) is 47.0. The average Bonchev–Trinajstić information content (AvgIpc) is 3.26. The predicted molar refractivity (Wildman–Crippen MR) is 268 cm³/mol. The molecule has 8 heteroatoms. The molecule has 0 heterocycles. The third kappa shape index (κ3) is 44.5. The molecule has 0 aromatic carbocycles. The minimum atomic E-state index is -1.12. The second-order valence-corrected chi connectivity index (χ2v) is 19.1. The fourth-order valence-corrected chi connectivity index (χ4v) is 7.89. The normalized spacial score (nSPS) is 13.2. The summed E-state index contributed by atoms with van der Waals surface area (Å²) in [5, 5.41) is 11.7. The van der Waals surface area contributed by atoms with Crippen LogP contribution in [-0.4, -0.2) is 75.5 Å². The van der Waals surface area contributed by atoms with Crippen molar-refractivity contribution < 1.29 is 38.2 Å². The molecule has 64 heavy (non-hydrogen) atoms. The number of carbonyl (C=O) groups is 3. The second kappa shape index (κ2) is 46.8. The van der Waals surface area contributed by atoms with Crippen LogP contribution in [0.5, 0.6) is 0 Å². The fraction of sp³-hybridized carbons (Fsp3) is 0.804. The Labute approximate surface area is 395 Å². The van der Waals surface area contributed by atoms with Gasteiger partial charge in [-0.05, 0) is 51.4 Å². The van der Waals surface area contributed by atoms with E-state index in [-0.39, 0.29) is 42.7 Å². The third-order valence-corrected chi connectivity index (χ3v) is 12.0. The first-order valence-corrected chi connectivity index (χ1v) is 26.7. The Morgan fingerprint density at radius 2 is 0.875 bits per heavy atom. The Morgan fingerprint density at radius 3 is 1.30 bits per heavy atom. The molecule has 0 saturated heterocycles. The van der Waals surface area contributed by atoms with Gasteiger partial charge in [0.05, 0.1) is 40.3 Å². The highest BCUT2D eigenvalue weighted by molar-refractivity contribution is 5.70. The van der Waals surface area contributed by atoms with Crippen molar-refractivity contribution in [1.82, 2.24) is 0 Å². The first-order valence-electron chi connectivity index (χ1n) is 26.7. The lowest BCUT2D eigenvalue weighted by atomic mass is 10.0. The van der Waals surface area contributed by atoms with Crippen molar-refractivity contribution in [2.24, 2.45) is 0 Å². The van der Waals surface area contributed by atoms with E-state index in [4.69, 9.17) is 14.2 Å². The van der Waals surface area contributed by atoms with Crippen LogP contribution in [0.25, 0.3) is 0 Å². The molecule has 0 fully saturated rings. The molecule has 2 unspecified atom stereocenters. The van der Waals surface area contributed by atoms with Gasteiger partial charge in [0.15, 0.2) is 6.10 Å². The van der Waals surface area contributed by atoms with Crippen molar-refractivity contribution in [3.63, 3.8) is 0 Å². The number of allylic oxidation sites excluding steroid dienone is 8. The number of hydrogen-bond acceptors (Lipinski definition) is 7. The van der Waals surface area contributed by atoms with E-state index in [1.807, 2.05) is 0 Å². The van der Waals surface area contributed by atoms with Gasteiger partial charge < -0.3 is 28.6 Å². The number of rotatable bonds is 48. The SMILES string of the molecule is CC/C=C\C/C=C\C/C=C\C/C=C\CCCCCCCCCCC(=O)OC(COCCC(C(=O)[O-])[N+](C)(C)C)COC(=O)CCCCCCCCCCCCCCCCCCCCC. The zero-order valence-electron chi connectivity index (χ0n) is 42.4. The Kier molecular flexibility index (Phi) is 44.8. The Hall–Kier alpha value is -2.71. The summed E-state index contributed by atoms with van der Waals surface area (Å²) in [5.41, 5.74) is 0. The van der Waals surface area contributed by atoms with Gasteiger partial charge in [-0.2, -0.15) is 0 Å². The molecule has 0 radical (unpaired) electrons. The number of nitrogens with zero attached hydrogens (tertiary/aromatic N) is 1. The molecule has 0 aromatic rings. The van der Waals surface area contributed by atoms with Gasteiger partial charge in [-0.25, -0.2) is 0 Å². The van der Waals surface area contributed by atoms with E-state index in [2.05, 4.69) is 62.5 Å². The molecule has 0 rings (SSSR count). The summed E-state index contributed by atoms with van der Waals surface area (Å²) >= 11 is 0. The van der Waals surface area contributed by atoms with Crippen molar-refractivity contribution in [3.8, 4) is 0 Å². The van der Waals surface area contributed by atoms with Gasteiger partial charge in [0, 0.05) is 19.3 Å². The van der Waals surface area contributed by atoms with Crippen LogP contribution in [0.15, 0.2) is 48.6 Å². The summed E-state index contributed by atoms with van der Waals surface area (Å²) in [7, 11) is 5.42. The maximum Gasteiger partial charge on any atom is 0.306 e. The molecule has 372 valence electrons. The van der Waals surface area contributed by atoms with Crippen LogP contribution < -0.4 is 5.11 Å². The summed E-state index contributed by atoms with van der Waals surface area (Å²) in [6.07, 6.45) is 57.1. The van der Waals surface area contributed by atoms with Gasteiger partial charge in [0.2, 0.25) is 0 Å². The topological polar surface area (TPSA) is 102 Å². The molecule has 0 aromatic heterocycles. The van der Waals surface area contributed by atoms with Gasteiger partial charge in [-0.15, -0.1) is 0 Å². The molecule has 0 aliphatic rings. The van der Waals surface area contributed by atoms with Gasteiger partial charge in [0.25, 0.3) is 0 Å². The van der Waals surface area contributed by atoms with E-state index < -0.39 is 18.1 Å². The zero-order valence-corrected chi connectivity index (χ0v) is 42.4. The van der Waals surface area contributed by atoms with E-state index in [1.54, 1.807) is 21.1 Å². The lowest BCUT2D eigenvalue weighted by Crippen LogP contribution is -2.55. The number of unbranched alkanes of at least 4 members (excludes halogenated alkanes) is 26. The average molecular weight is 900 g/mol. The highest BCUT2D eigenvalue weighted by Crippen LogP contribution is 2.16. The number of aliphatic carboxylic acids is 1. The number of carboxylic acids is 1. The lowest BCUT2D eigenvalue weighted by molar-refractivity contribution is -0.889. The van der Waals surface area contributed by atoms with Crippen LogP contribution in [0.3, 0.4) is 0 Å². The maximum absolute atomic E-state index is 12.8. The number of quaternary nitrogens is 1. The van der Waals surface area contributed by atoms with Crippen molar-refractivity contribution in [3.05, 3.63) is 48.6 Å². The summed E-state index contributed by atoms with van der Waals surface area (Å²) in [4.78, 5) is 37.1. The molecule has 0 aliphatic heterocycles. The first-order chi connectivity index (χ1) is 31.1. The predicted octanol–water partition coefficient (Wildman–Crippen LogP) is 14.2. The van der Waals surface area contributed by atoms with Crippen molar-refractivity contribution in [1.29, 1.82) is 0 Å². The van der Waals surface area contributed by atoms with Crippen LogP contribution in [0.4, 0.5) is 0 Å². The molecular weight excluding hydrogens is 799 g/mol. The molecule has 0 aliphatic carbocycles. The number of carbonyl (C=O) groups excluding carboxylic acids is 3. The van der Waals surface area contributed by atoms with Crippen LogP contribution >= 0.6 is 0 Å². The van der Waals surface area contributed by atoms with E-state index in [0.717, 1.165) is 70.6 Å². The second-order valence-electron chi connectivity index (χ2n) is 19.1. The van der Waals surface area contributed by atoms with E-state index >= 15 is 0 Å². The molecular formula is C56H101NO7. The highest BCUT2D eigenvalue weighted by atomic mass is 16.6. The van der Waals surface area contributed by atoms with Gasteiger partial charge in [-0.3, -0.25) is 9.59 Å². The van der Waals surface area contributed by atoms with E-state index in [1.165, 1.54) is 135 Å². The quantitative estimate of drug-likeness (QED) is 0.0259. The molecule has 0 spiro atoms.